The number of hydrogen-bond donors (Lipinski definition) is 8. The second-order valence-electron chi connectivity index (χ2n) is 7.48. The van der Waals surface area contributed by atoms with E-state index < -0.39 is 60.2 Å². The SMILES string of the molecule is CC(N)C(=O)NC(CCCCN)C(=O)NC(CC(=O)O)C(=O)NC(CCCCN)C(=O)O. The quantitative estimate of drug-likeness (QED) is 0.107. The van der Waals surface area contributed by atoms with Crippen LogP contribution in [0.15, 0.2) is 0 Å². The van der Waals surface area contributed by atoms with Crippen molar-refractivity contribution >= 4 is 29.7 Å². The molecule has 0 saturated heterocycles. The summed E-state index contributed by atoms with van der Waals surface area (Å²) < 4.78 is 0. The summed E-state index contributed by atoms with van der Waals surface area (Å²) in [6.07, 6.45) is 1.59. The summed E-state index contributed by atoms with van der Waals surface area (Å²) in [7, 11) is 0. The molecule has 13 nitrogen and oxygen atoms in total. The van der Waals surface area contributed by atoms with Gasteiger partial charge < -0.3 is 43.4 Å². The summed E-state index contributed by atoms with van der Waals surface area (Å²) in [6.45, 7) is 2.17. The van der Waals surface area contributed by atoms with Gasteiger partial charge in [-0.05, 0) is 58.5 Å². The number of carboxylic acids is 2. The molecule has 3 amide bonds. The number of carbonyl (C=O) groups is 5. The maximum absolute atomic E-state index is 12.7. The van der Waals surface area contributed by atoms with Gasteiger partial charge in [0, 0.05) is 0 Å². The monoisotopic (exact) mass is 460 g/mol. The van der Waals surface area contributed by atoms with Crippen molar-refractivity contribution in [2.45, 2.75) is 76.0 Å². The summed E-state index contributed by atoms with van der Waals surface area (Å²) in [4.78, 5) is 59.9. The average Bonchev–Trinajstić information content (AvgIpc) is 2.71. The number of unbranched alkanes of at least 4 members (excludes halogenated alkanes) is 2. The van der Waals surface area contributed by atoms with E-state index in [4.69, 9.17) is 22.3 Å². The number of nitrogens with two attached hydrogens (primary N) is 3. The highest BCUT2D eigenvalue weighted by Crippen LogP contribution is 2.06. The first-order valence-electron chi connectivity index (χ1n) is 10.5. The maximum Gasteiger partial charge on any atom is 0.326 e. The van der Waals surface area contributed by atoms with Crippen LogP contribution in [0.1, 0.15) is 51.9 Å². The van der Waals surface area contributed by atoms with Crippen molar-refractivity contribution in [1.29, 1.82) is 0 Å². The lowest BCUT2D eigenvalue weighted by atomic mass is 10.1. The van der Waals surface area contributed by atoms with Gasteiger partial charge in [0.2, 0.25) is 17.7 Å². The molecule has 0 spiro atoms. The zero-order valence-electron chi connectivity index (χ0n) is 18.3. The van der Waals surface area contributed by atoms with E-state index >= 15 is 0 Å². The van der Waals surface area contributed by atoms with Crippen LogP contribution >= 0.6 is 0 Å². The number of nitrogens with one attached hydrogen (secondary N) is 3. The molecule has 0 aromatic carbocycles. The van der Waals surface area contributed by atoms with Crippen LogP contribution in [0.2, 0.25) is 0 Å². The second-order valence-corrected chi connectivity index (χ2v) is 7.48. The van der Waals surface area contributed by atoms with Crippen molar-refractivity contribution in [3.63, 3.8) is 0 Å². The van der Waals surface area contributed by atoms with Gasteiger partial charge in [-0.2, -0.15) is 0 Å². The highest BCUT2D eigenvalue weighted by Gasteiger charge is 2.31. The van der Waals surface area contributed by atoms with E-state index in [1.807, 2.05) is 0 Å². The molecule has 0 aliphatic heterocycles. The number of aliphatic carboxylic acids is 2. The third-order valence-electron chi connectivity index (χ3n) is 4.57. The van der Waals surface area contributed by atoms with Gasteiger partial charge in [-0.1, -0.05) is 0 Å². The van der Waals surface area contributed by atoms with Crippen LogP contribution < -0.4 is 33.2 Å². The van der Waals surface area contributed by atoms with Gasteiger partial charge >= 0.3 is 11.9 Å². The smallest absolute Gasteiger partial charge is 0.326 e. The molecule has 0 aromatic heterocycles. The Hall–Kier alpha value is -2.77. The van der Waals surface area contributed by atoms with Crippen molar-refractivity contribution in [2.24, 2.45) is 17.2 Å². The molecule has 0 fully saturated rings. The molecular weight excluding hydrogens is 424 g/mol. The lowest BCUT2D eigenvalue weighted by molar-refractivity contribution is -0.143. The molecule has 0 heterocycles. The van der Waals surface area contributed by atoms with E-state index in [2.05, 4.69) is 16.0 Å². The third kappa shape index (κ3) is 12.2. The van der Waals surface area contributed by atoms with Crippen LogP contribution in [0.4, 0.5) is 0 Å². The van der Waals surface area contributed by atoms with Crippen LogP contribution in [-0.4, -0.2) is 77.1 Å². The fraction of sp³-hybridized carbons (Fsp3) is 0.737. The van der Waals surface area contributed by atoms with Gasteiger partial charge in [-0.15, -0.1) is 0 Å². The summed E-state index contributed by atoms with van der Waals surface area (Å²) in [5, 5.41) is 25.5. The first-order chi connectivity index (χ1) is 15.0. The van der Waals surface area contributed by atoms with Crippen molar-refractivity contribution in [1.82, 2.24) is 16.0 Å². The minimum Gasteiger partial charge on any atom is -0.481 e. The predicted molar refractivity (Wildman–Crippen MR) is 115 cm³/mol. The van der Waals surface area contributed by atoms with E-state index in [1.165, 1.54) is 6.92 Å². The topological polar surface area (TPSA) is 240 Å². The van der Waals surface area contributed by atoms with Crippen LogP contribution in [-0.2, 0) is 24.0 Å². The van der Waals surface area contributed by atoms with Gasteiger partial charge in [0.05, 0.1) is 12.5 Å². The van der Waals surface area contributed by atoms with Crippen LogP contribution in [0, 0.1) is 0 Å². The number of carboxylic acid groups (broad SMARTS) is 2. The minimum absolute atomic E-state index is 0.0954. The fourth-order valence-electron chi connectivity index (χ4n) is 2.74. The summed E-state index contributed by atoms with van der Waals surface area (Å²) in [6, 6.07) is -4.76. The Bertz CT molecular complexity index is 644. The van der Waals surface area contributed by atoms with Crippen LogP contribution in [0.25, 0.3) is 0 Å². The highest BCUT2D eigenvalue weighted by molar-refractivity contribution is 5.95. The standard InChI is InChI=1S/C19H36N6O7/c1-11(22)16(28)23-12(6-2-4-8-20)17(29)25-14(10-15(26)27)18(30)24-13(19(31)32)7-3-5-9-21/h11-14H,2-10,20-22H2,1H3,(H,23,28)(H,24,30)(H,25,29)(H,26,27)(H,31,32). The van der Waals surface area contributed by atoms with Gasteiger partial charge in [0.15, 0.2) is 0 Å². The van der Waals surface area contributed by atoms with E-state index in [-0.39, 0.29) is 12.8 Å². The Kier molecular flexibility index (Phi) is 14.6. The molecule has 0 radical (unpaired) electrons. The van der Waals surface area contributed by atoms with Crippen molar-refractivity contribution in [3.8, 4) is 0 Å². The van der Waals surface area contributed by atoms with Gasteiger partial charge in [-0.25, -0.2) is 4.79 Å². The van der Waals surface area contributed by atoms with Gasteiger partial charge in [-0.3, -0.25) is 19.2 Å². The largest absolute Gasteiger partial charge is 0.481 e. The minimum atomic E-state index is -1.54. The molecule has 184 valence electrons. The summed E-state index contributed by atoms with van der Waals surface area (Å²) in [5.74, 6) is -5.00. The van der Waals surface area contributed by atoms with Crippen molar-refractivity contribution in [3.05, 3.63) is 0 Å². The van der Waals surface area contributed by atoms with Gasteiger partial charge in [0.25, 0.3) is 0 Å². The zero-order valence-corrected chi connectivity index (χ0v) is 18.3. The van der Waals surface area contributed by atoms with Crippen molar-refractivity contribution < 1.29 is 34.2 Å². The average molecular weight is 461 g/mol. The van der Waals surface area contributed by atoms with E-state index in [0.29, 0.717) is 38.8 Å². The second kappa shape index (κ2) is 15.9. The molecule has 0 aliphatic rings. The van der Waals surface area contributed by atoms with E-state index in [1.54, 1.807) is 0 Å². The summed E-state index contributed by atoms with van der Waals surface area (Å²) in [5.41, 5.74) is 16.4. The van der Waals surface area contributed by atoms with Crippen LogP contribution in [0.3, 0.4) is 0 Å². The zero-order chi connectivity index (χ0) is 24.7. The van der Waals surface area contributed by atoms with Crippen molar-refractivity contribution in [2.75, 3.05) is 13.1 Å². The molecule has 13 heteroatoms. The Balaban J connectivity index is 5.36. The maximum atomic E-state index is 12.7. The van der Waals surface area contributed by atoms with E-state index in [0.717, 1.165) is 0 Å². The van der Waals surface area contributed by atoms with Crippen LogP contribution in [0.5, 0.6) is 0 Å². The Morgan fingerprint density at radius 3 is 1.59 bits per heavy atom. The Morgan fingerprint density at radius 1 is 0.719 bits per heavy atom. The number of rotatable bonds is 17. The molecule has 11 N–H and O–H groups in total. The molecule has 4 atom stereocenters. The molecule has 0 aromatic rings. The number of amides is 3. The molecule has 0 aliphatic carbocycles. The Labute approximate surface area is 186 Å². The number of carbonyl (C=O) groups excluding carboxylic acids is 3. The summed E-state index contributed by atoms with van der Waals surface area (Å²) >= 11 is 0. The normalized spacial score (nSPS) is 14.5. The Morgan fingerprint density at radius 2 is 1.16 bits per heavy atom. The predicted octanol–water partition coefficient (Wildman–Crippen LogP) is -2.39. The first kappa shape index (κ1) is 29.2. The first-order valence-corrected chi connectivity index (χ1v) is 10.5. The van der Waals surface area contributed by atoms with Gasteiger partial charge in [0.1, 0.15) is 18.1 Å². The lowest BCUT2D eigenvalue weighted by Crippen LogP contribution is -2.57. The molecule has 0 rings (SSSR count). The molecule has 0 saturated carbocycles. The number of hydrogen-bond acceptors (Lipinski definition) is 8. The highest BCUT2D eigenvalue weighted by atomic mass is 16.4. The third-order valence-corrected chi connectivity index (χ3v) is 4.57. The molecule has 32 heavy (non-hydrogen) atoms. The lowest BCUT2D eigenvalue weighted by Gasteiger charge is -2.24. The molecule has 4 unspecified atom stereocenters. The fourth-order valence-corrected chi connectivity index (χ4v) is 2.74. The molecular formula is C19H36N6O7. The molecule has 0 bridgehead atoms. The van der Waals surface area contributed by atoms with E-state index in [9.17, 15) is 29.1 Å².